The third-order valence-corrected chi connectivity index (χ3v) is 4.72. The molecular weight excluding hydrogens is 376 g/mol. The van der Waals surface area contributed by atoms with Crippen LogP contribution in [-0.4, -0.2) is 35.7 Å². The maximum atomic E-state index is 13.2. The number of ketones is 1. The largest absolute Gasteiger partial charge is 0.497 e. The van der Waals surface area contributed by atoms with Crippen molar-refractivity contribution in [2.45, 2.75) is 25.7 Å². The van der Waals surface area contributed by atoms with Crippen molar-refractivity contribution in [3.63, 3.8) is 0 Å². The van der Waals surface area contributed by atoms with Crippen molar-refractivity contribution in [3.8, 4) is 5.75 Å². The van der Waals surface area contributed by atoms with Gasteiger partial charge in [-0.15, -0.1) is 0 Å². The molecule has 1 fully saturated rings. The number of methoxy groups -OCH3 is 1. The van der Waals surface area contributed by atoms with E-state index in [2.05, 4.69) is 0 Å². The molecule has 0 aromatic heterocycles. The van der Waals surface area contributed by atoms with Gasteiger partial charge in [-0.1, -0.05) is 42.5 Å². The summed E-state index contributed by atoms with van der Waals surface area (Å²) in [7, 11) is 1.50. The highest BCUT2D eigenvalue weighted by molar-refractivity contribution is 6.07. The zero-order valence-corrected chi connectivity index (χ0v) is 16.3. The Balaban J connectivity index is 2.02. The molecule has 2 aromatic rings. The minimum absolute atomic E-state index is 0.260. The standard InChI is InChI=1S/C22H22O7/c1-22(2)28-20(25)17(21(26)29-22)16(18(23)13-7-5-4-6-8-13)19(24)14-9-11-15(27-3)12-10-14/h4-12,16-17,19,24H,1-3H3/t16-,19+/m1/s1. The van der Waals surface area contributed by atoms with E-state index in [1.807, 2.05) is 0 Å². The maximum absolute atomic E-state index is 13.2. The molecule has 7 heteroatoms. The number of ether oxygens (including phenoxy) is 3. The average molecular weight is 398 g/mol. The first kappa shape index (κ1) is 20.5. The molecule has 1 aliphatic rings. The quantitative estimate of drug-likeness (QED) is 0.454. The first-order valence-corrected chi connectivity index (χ1v) is 9.10. The Hall–Kier alpha value is -3.19. The number of hydrogen-bond acceptors (Lipinski definition) is 7. The maximum Gasteiger partial charge on any atom is 0.324 e. The summed E-state index contributed by atoms with van der Waals surface area (Å²) in [6.45, 7) is 2.85. The van der Waals surface area contributed by atoms with E-state index >= 15 is 0 Å². The van der Waals surface area contributed by atoms with Crippen molar-refractivity contribution in [2.75, 3.05) is 7.11 Å². The molecule has 2 atom stereocenters. The van der Waals surface area contributed by atoms with Crippen LogP contribution in [0.1, 0.15) is 35.9 Å². The van der Waals surface area contributed by atoms with Gasteiger partial charge in [-0.3, -0.25) is 14.4 Å². The number of aliphatic hydroxyl groups is 1. The van der Waals surface area contributed by atoms with E-state index in [0.29, 0.717) is 11.3 Å². The molecule has 0 aliphatic carbocycles. The molecule has 0 saturated carbocycles. The number of carbonyl (C=O) groups excluding carboxylic acids is 3. The molecule has 3 rings (SSSR count). The van der Waals surface area contributed by atoms with Crippen molar-refractivity contribution in [1.82, 2.24) is 0 Å². The number of Topliss-reactive ketones (excluding diaryl/α,β-unsaturated/α-hetero) is 1. The highest BCUT2D eigenvalue weighted by Gasteiger charge is 2.52. The Labute approximate surface area is 168 Å². The molecule has 0 spiro atoms. The van der Waals surface area contributed by atoms with E-state index in [1.54, 1.807) is 54.6 Å². The van der Waals surface area contributed by atoms with E-state index in [-0.39, 0.29) is 5.56 Å². The first-order chi connectivity index (χ1) is 13.7. The van der Waals surface area contributed by atoms with E-state index in [1.165, 1.54) is 21.0 Å². The van der Waals surface area contributed by atoms with Gasteiger partial charge in [0.15, 0.2) is 11.7 Å². The van der Waals surface area contributed by atoms with Crippen molar-refractivity contribution in [3.05, 3.63) is 65.7 Å². The zero-order chi connectivity index (χ0) is 21.2. The lowest BCUT2D eigenvalue weighted by atomic mass is 9.78. The second-order valence-electron chi connectivity index (χ2n) is 7.19. The van der Waals surface area contributed by atoms with Gasteiger partial charge in [0.25, 0.3) is 5.79 Å². The van der Waals surface area contributed by atoms with Crippen LogP contribution >= 0.6 is 0 Å². The molecule has 152 valence electrons. The van der Waals surface area contributed by atoms with Crippen LogP contribution in [0.4, 0.5) is 0 Å². The van der Waals surface area contributed by atoms with Gasteiger partial charge in [0.2, 0.25) is 0 Å². The fraction of sp³-hybridized carbons (Fsp3) is 0.318. The van der Waals surface area contributed by atoms with Crippen LogP contribution < -0.4 is 4.74 Å². The van der Waals surface area contributed by atoms with E-state index in [9.17, 15) is 19.5 Å². The summed E-state index contributed by atoms with van der Waals surface area (Å²) in [6.07, 6.45) is -1.44. The lowest BCUT2D eigenvalue weighted by molar-refractivity contribution is -0.243. The van der Waals surface area contributed by atoms with Crippen LogP contribution in [0.2, 0.25) is 0 Å². The molecule has 1 heterocycles. The van der Waals surface area contributed by atoms with Crippen molar-refractivity contribution < 1.29 is 33.7 Å². The number of cyclic esters (lactones) is 2. The molecule has 2 aromatic carbocycles. The second-order valence-corrected chi connectivity index (χ2v) is 7.19. The Morgan fingerprint density at radius 3 is 2.07 bits per heavy atom. The van der Waals surface area contributed by atoms with Crippen LogP contribution in [0.3, 0.4) is 0 Å². The minimum atomic E-state index is -1.59. The third-order valence-electron chi connectivity index (χ3n) is 4.72. The predicted molar refractivity (Wildman–Crippen MR) is 102 cm³/mol. The monoisotopic (exact) mass is 398 g/mol. The van der Waals surface area contributed by atoms with Crippen LogP contribution in [0.15, 0.2) is 54.6 Å². The van der Waals surface area contributed by atoms with Gasteiger partial charge in [0.1, 0.15) is 5.75 Å². The fourth-order valence-electron chi connectivity index (χ4n) is 3.30. The summed E-state index contributed by atoms with van der Waals surface area (Å²) in [6, 6.07) is 14.5. The second kappa shape index (κ2) is 8.05. The Morgan fingerprint density at radius 1 is 1.00 bits per heavy atom. The van der Waals surface area contributed by atoms with Gasteiger partial charge in [-0.2, -0.15) is 0 Å². The Bertz CT molecular complexity index is 883. The highest BCUT2D eigenvalue weighted by atomic mass is 16.7. The van der Waals surface area contributed by atoms with Gasteiger partial charge in [-0.05, 0) is 17.7 Å². The topological polar surface area (TPSA) is 99.1 Å². The van der Waals surface area contributed by atoms with Crippen molar-refractivity contribution >= 4 is 17.7 Å². The summed E-state index contributed by atoms with van der Waals surface area (Å²) in [5.41, 5.74) is 0.612. The summed E-state index contributed by atoms with van der Waals surface area (Å²) in [5, 5.41) is 11.0. The molecule has 7 nitrogen and oxygen atoms in total. The van der Waals surface area contributed by atoms with Crippen molar-refractivity contribution in [1.29, 1.82) is 0 Å². The summed E-state index contributed by atoms with van der Waals surface area (Å²) >= 11 is 0. The minimum Gasteiger partial charge on any atom is -0.497 e. The number of aliphatic hydroxyl groups excluding tert-OH is 1. The van der Waals surface area contributed by atoms with Crippen LogP contribution in [0.5, 0.6) is 5.75 Å². The predicted octanol–water partition coefficient (Wildman–Crippen LogP) is 2.68. The normalized spacial score (nSPS) is 18.3. The van der Waals surface area contributed by atoms with Gasteiger partial charge in [0, 0.05) is 19.4 Å². The SMILES string of the molecule is COc1ccc([C@H](O)[C@@H](C(=O)c2ccccc2)C2C(=O)OC(C)(C)OC2=O)cc1. The molecule has 0 bridgehead atoms. The van der Waals surface area contributed by atoms with Crippen LogP contribution in [0.25, 0.3) is 0 Å². The van der Waals surface area contributed by atoms with E-state index < -0.39 is 41.4 Å². The molecule has 1 saturated heterocycles. The van der Waals surface area contributed by atoms with Gasteiger partial charge < -0.3 is 19.3 Å². The molecule has 0 unspecified atom stereocenters. The number of esters is 2. The highest BCUT2D eigenvalue weighted by Crippen LogP contribution is 2.37. The van der Waals surface area contributed by atoms with Crippen LogP contribution in [-0.2, 0) is 19.1 Å². The van der Waals surface area contributed by atoms with Gasteiger partial charge in [-0.25, -0.2) is 0 Å². The molecule has 29 heavy (non-hydrogen) atoms. The molecule has 1 N–H and O–H groups in total. The van der Waals surface area contributed by atoms with E-state index in [0.717, 1.165) is 0 Å². The summed E-state index contributed by atoms with van der Waals surface area (Å²) < 4.78 is 15.5. The zero-order valence-electron chi connectivity index (χ0n) is 16.3. The van der Waals surface area contributed by atoms with Gasteiger partial charge >= 0.3 is 11.9 Å². The lowest BCUT2D eigenvalue weighted by Gasteiger charge is -2.36. The number of hydrogen-bond donors (Lipinski definition) is 1. The van der Waals surface area contributed by atoms with Crippen molar-refractivity contribution in [2.24, 2.45) is 11.8 Å². The number of benzene rings is 2. The smallest absolute Gasteiger partial charge is 0.324 e. The van der Waals surface area contributed by atoms with Gasteiger partial charge in [0.05, 0.1) is 19.1 Å². The Kier molecular flexibility index (Phi) is 5.70. The fourth-order valence-corrected chi connectivity index (χ4v) is 3.30. The summed E-state index contributed by atoms with van der Waals surface area (Å²) in [4.78, 5) is 38.5. The average Bonchev–Trinajstić information content (AvgIpc) is 2.69. The Morgan fingerprint density at radius 2 is 1.55 bits per heavy atom. The molecule has 0 radical (unpaired) electrons. The summed E-state index contributed by atoms with van der Waals surface area (Å²) in [5.74, 6) is -6.26. The number of carbonyl (C=O) groups is 3. The third kappa shape index (κ3) is 4.30. The lowest BCUT2D eigenvalue weighted by Crippen LogP contribution is -2.51. The number of rotatable bonds is 6. The molecule has 1 aliphatic heterocycles. The van der Waals surface area contributed by atoms with Crippen LogP contribution in [0, 0.1) is 11.8 Å². The van der Waals surface area contributed by atoms with E-state index in [4.69, 9.17) is 14.2 Å². The molecular formula is C22H22O7. The first-order valence-electron chi connectivity index (χ1n) is 9.10. The molecule has 0 amide bonds.